The van der Waals surface area contributed by atoms with E-state index in [0.29, 0.717) is 12.8 Å². The van der Waals surface area contributed by atoms with Gasteiger partial charge in [-0.25, -0.2) is 4.98 Å². The number of amides is 1. The molecule has 23 heavy (non-hydrogen) atoms. The maximum Gasteiger partial charge on any atom is 0.220 e. The van der Waals surface area contributed by atoms with Crippen LogP contribution in [0.25, 0.3) is 11.0 Å². The van der Waals surface area contributed by atoms with Gasteiger partial charge in [0.05, 0.1) is 16.7 Å². The third-order valence-electron chi connectivity index (χ3n) is 3.71. The molecule has 1 atom stereocenters. The van der Waals surface area contributed by atoms with Gasteiger partial charge in [-0.15, -0.1) is 0 Å². The average Bonchev–Trinajstić information content (AvgIpc) is 3.10. The topological polar surface area (TPSA) is 86.5 Å². The van der Waals surface area contributed by atoms with Crippen LogP contribution in [0.3, 0.4) is 0 Å². The van der Waals surface area contributed by atoms with Gasteiger partial charge in [-0.05, 0) is 32.0 Å². The number of rotatable bonds is 6. The average molecular weight is 311 g/mol. The number of H-pyrrole nitrogens is 2. The molecule has 120 valence electrons. The minimum atomic E-state index is 0.0326. The Kier molecular flexibility index (Phi) is 4.41. The van der Waals surface area contributed by atoms with E-state index in [4.69, 9.17) is 0 Å². The van der Waals surface area contributed by atoms with Crippen LogP contribution in [0.2, 0.25) is 0 Å². The van der Waals surface area contributed by atoms with Gasteiger partial charge in [-0.2, -0.15) is 5.10 Å². The van der Waals surface area contributed by atoms with Crippen LogP contribution in [-0.2, 0) is 17.6 Å². The van der Waals surface area contributed by atoms with E-state index in [-0.39, 0.29) is 11.9 Å². The Morgan fingerprint density at radius 2 is 2.17 bits per heavy atom. The number of aryl methyl sites for hydroxylation is 2. The molecule has 2 heterocycles. The molecule has 0 saturated heterocycles. The van der Waals surface area contributed by atoms with Gasteiger partial charge in [-0.3, -0.25) is 9.89 Å². The standard InChI is InChI=1S/C17H21N5O/c1-11(9-13-10-12(2)21-22-13)18-17(23)8-7-16-19-14-5-3-4-6-15(14)20-16/h3-6,10-11H,7-9H2,1-2H3,(H,18,23)(H,19,20)(H,21,22)/t11-/m0/s1. The summed E-state index contributed by atoms with van der Waals surface area (Å²) in [6.45, 7) is 3.95. The first-order valence-corrected chi connectivity index (χ1v) is 7.84. The Bertz CT molecular complexity index is 771. The molecule has 3 aromatic rings. The van der Waals surface area contributed by atoms with Gasteiger partial charge in [0.1, 0.15) is 5.82 Å². The van der Waals surface area contributed by atoms with Crippen molar-refractivity contribution in [2.75, 3.05) is 0 Å². The van der Waals surface area contributed by atoms with Crippen molar-refractivity contribution >= 4 is 16.9 Å². The molecule has 1 aromatic carbocycles. The van der Waals surface area contributed by atoms with Crippen molar-refractivity contribution in [2.24, 2.45) is 0 Å². The molecule has 0 aliphatic rings. The number of nitrogens with one attached hydrogen (secondary N) is 3. The lowest BCUT2D eigenvalue weighted by atomic mass is 10.1. The van der Waals surface area contributed by atoms with E-state index < -0.39 is 0 Å². The smallest absolute Gasteiger partial charge is 0.220 e. The van der Waals surface area contributed by atoms with Gasteiger partial charge in [0, 0.05) is 31.0 Å². The number of aromatic amines is 2. The van der Waals surface area contributed by atoms with Crippen molar-refractivity contribution in [1.29, 1.82) is 0 Å². The number of benzene rings is 1. The molecule has 2 aromatic heterocycles. The Morgan fingerprint density at radius 3 is 2.91 bits per heavy atom. The highest BCUT2D eigenvalue weighted by Crippen LogP contribution is 2.11. The van der Waals surface area contributed by atoms with Crippen molar-refractivity contribution in [3.63, 3.8) is 0 Å². The van der Waals surface area contributed by atoms with E-state index in [0.717, 1.165) is 34.7 Å². The van der Waals surface area contributed by atoms with Crippen LogP contribution >= 0.6 is 0 Å². The second-order valence-corrected chi connectivity index (χ2v) is 5.92. The first kappa shape index (κ1) is 15.3. The molecule has 6 heteroatoms. The number of hydrogen-bond donors (Lipinski definition) is 3. The number of aromatic nitrogens is 4. The van der Waals surface area contributed by atoms with E-state index >= 15 is 0 Å². The number of carbonyl (C=O) groups is 1. The summed E-state index contributed by atoms with van der Waals surface area (Å²) in [5.74, 6) is 0.877. The lowest BCUT2D eigenvalue weighted by molar-refractivity contribution is -0.121. The molecule has 3 rings (SSSR count). The van der Waals surface area contributed by atoms with Gasteiger partial charge in [0.2, 0.25) is 5.91 Å². The number of para-hydroxylation sites is 2. The Balaban J connectivity index is 1.49. The SMILES string of the molecule is Cc1cc(C[C@H](C)NC(=O)CCc2nc3ccccc3[nH]2)n[nH]1. The van der Waals surface area contributed by atoms with Crippen LogP contribution < -0.4 is 5.32 Å². The Labute approximate surface area is 134 Å². The predicted octanol–water partition coefficient (Wildman–Crippen LogP) is 2.27. The van der Waals surface area contributed by atoms with Gasteiger partial charge < -0.3 is 10.3 Å². The van der Waals surface area contributed by atoms with E-state index in [1.807, 2.05) is 44.2 Å². The van der Waals surface area contributed by atoms with E-state index in [1.54, 1.807) is 0 Å². The van der Waals surface area contributed by atoms with Crippen molar-refractivity contribution in [2.45, 2.75) is 39.2 Å². The maximum absolute atomic E-state index is 12.1. The van der Waals surface area contributed by atoms with Crippen LogP contribution in [0.4, 0.5) is 0 Å². The number of carbonyl (C=O) groups excluding carboxylic acids is 1. The summed E-state index contributed by atoms with van der Waals surface area (Å²) in [7, 11) is 0. The zero-order valence-electron chi connectivity index (χ0n) is 13.4. The fourth-order valence-electron chi connectivity index (χ4n) is 2.65. The molecule has 3 N–H and O–H groups in total. The molecule has 0 saturated carbocycles. The minimum Gasteiger partial charge on any atom is -0.353 e. The van der Waals surface area contributed by atoms with Crippen molar-refractivity contribution in [3.05, 3.63) is 47.5 Å². The number of fused-ring (bicyclic) bond motifs is 1. The summed E-state index contributed by atoms with van der Waals surface area (Å²) in [4.78, 5) is 19.8. The zero-order valence-corrected chi connectivity index (χ0v) is 13.4. The zero-order chi connectivity index (χ0) is 16.2. The second-order valence-electron chi connectivity index (χ2n) is 5.92. The quantitative estimate of drug-likeness (QED) is 0.652. The fourth-order valence-corrected chi connectivity index (χ4v) is 2.65. The monoisotopic (exact) mass is 311 g/mol. The summed E-state index contributed by atoms with van der Waals surface area (Å²) < 4.78 is 0. The normalized spacial score (nSPS) is 12.4. The highest BCUT2D eigenvalue weighted by Gasteiger charge is 2.11. The lowest BCUT2D eigenvalue weighted by Crippen LogP contribution is -2.34. The van der Waals surface area contributed by atoms with Gasteiger partial charge in [-0.1, -0.05) is 12.1 Å². The molecule has 0 fully saturated rings. The van der Waals surface area contributed by atoms with Crippen LogP contribution in [0.1, 0.15) is 30.6 Å². The highest BCUT2D eigenvalue weighted by atomic mass is 16.1. The molecule has 0 aliphatic heterocycles. The maximum atomic E-state index is 12.1. The highest BCUT2D eigenvalue weighted by molar-refractivity contribution is 5.77. The molecule has 6 nitrogen and oxygen atoms in total. The molecule has 0 radical (unpaired) electrons. The molecular weight excluding hydrogens is 290 g/mol. The Hall–Kier alpha value is -2.63. The lowest BCUT2D eigenvalue weighted by Gasteiger charge is -2.12. The molecule has 0 aliphatic carbocycles. The number of nitrogens with zero attached hydrogens (tertiary/aromatic N) is 2. The van der Waals surface area contributed by atoms with Crippen molar-refractivity contribution < 1.29 is 4.79 Å². The summed E-state index contributed by atoms with van der Waals surface area (Å²) >= 11 is 0. The van der Waals surface area contributed by atoms with Crippen LogP contribution in [0.5, 0.6) is 0 Å². The first-order chi connectivity index (χ1) is 11.1. The third-order valence-corrected chi connectivity index (χ3v) is 3.71. The predicted molar refractivity (Wildman–Crippen MR) is 89.0 cm³/mol. The summed E-state index contributed by atoms with van der Waals surface area (Å²) in [6.07, 6.45) is 1.75. The van der Waals surface area contributed by atoms with Crippen LogP contribution in [0, 0.1) is 6.92 Å². The minimum absolute atomic E-state index is 0.0326. The van der Waals surface area contributed by atoms with Crippen molar-refractivity contribution in [1.82, 2.24) is 25.5 Å². The molecule has 0 bridgehead atoms. The first-order valence-electron chi connectivity index (χ1n) is 7.84. The Morgan fingerprint density at radius 1 is 1.35 bits per heavy atom. The van der Waals surface area contributed by atoms with E-state index in [1.165, 1.54) is 0 Å². The molecular formula is C17H21N5O. The third kappa shape index (κ3) is 3.97. The fraction of sp³-hybridized carbons (Fsp3) is 0.353. The molecule has 0 unspecified atom stereocenters. The number of imidazole rings is 1. The van der Waals surface area contributed by atoms with Gasteiger partial charge >= 0.3 is 0 Å². The van der Waals surface area contributed by atoms with E-state index in [9.17, 15) is 4.79 Å². The van der Waals surface area contributed by atoms with Gasteiger partial charge in [0.25, 0.3) is 0 Å². The largest absolute Gasteiger partial charge is 0.353 e. The molecule has 0 spiro atoms. The summed E-state index contributed by atoms with van der Waals surface area (Å²) in [5, 5.41) is 10.1. The summed E-state index contributed by atoms with van der Waals surface area (Å²) in [5.41, 5.74) is 3.94. The summed E-state index contributed by atoms with van der Waals surface area (Å²) in [6, 6.07) is 9.93. The van der Waals surface area contributed by atoms with E-state index in [2.05, 4.69) is 25.5 Å². The number of hydrogen-bond acceptors (Lipinski definition) is 3. The van der Waals surface area contributed by atoms with Gasteiger partial charge in [0.15, 0.2) is 0 Å². The molecule has 1 amide bonds. The van der Waals surface area contributed by atoms with Crippen LogP contribution in [0.15, 0.2) is 30.3 Å². The van der Waals surface area contributed by atoms with Crippen LogP contribution in [-0.4, -0.2) is 32.1 Å². The van der Waals surface area contributed by atoms with Crippen molar-refractivity contribution in [3.8, 4) is 0 Å². The second kappa shape index (κ2) is 6.64.